The molecular formula is C20H18F2N2O4S. The SMILES string of the molecule is COc1ccc(-c2cc(NC(=O)Cn3c(C)csc3=O)ccc2OC(F)F)cc1. The van der Waals surface area contributed by atoms with Crippen LogP contribution in [0.3, 0.4) is 0 Å². The summed E-state index contributed by atoms with van der Waals surface area (Å²) in [5.41, 5.74) is 2.08. The van der Waals surface area contributed by atoms with Crippen molar-refractivity contribution in [1.82, 2.24) is 4.57 Å². The summed E-state index contributed by atoms with van der Waals surface area (Å²) in [5, 5.41) is 4.36. The van der Waals surface area contributed by atoms with Gasteiger partial charge in [-0.25, -0.2) is 0 Å². The topological polar surface area (TPSA) is 69.6 Å². The second kappa shape index (κ2) is 8.87. The normalized spacial score (nSPS) is 10.8. The first kappa shape index (κ1) is 20.5. The molecule has 0 fully saturated rings. The summed E-state index contributed by atoms with van der Waals surface area (Å²) in [7, 11) is 1.52. The number of thiazole rings is 1. The number of amides is 1. The van der Waals surface area contributed by atoms with E-state index in [1.807, 2.05) is 0 Å². The van der Waals surface area contributed by atoms with Crippen LogP contribution in [0.4, 0.5) is 14.5 Å². The molecule has 0 saturated heterocycles. The van der Waals surface area contributed by atoms with Crippen LogP contribution in [-0.2, 0) is 11.3 Å². The molecule has 0 saturated carbocycles. The number of anilines is 1. The number of carbonyl (C=O) groups is 1. The third kappa shape index (κ3) is 5.00. The summed E-state index contributed by atoms with van der Waals surface area (Å²) in [4.78, 5) is 23.9. The first-order valence-corrected chi connectivity index (χ1v) is 9.43. The molecule has 3 aromatic rings. The van der Waals surface area contributed by atoms with E-state index in [-0.39, 0.29) is 17.2 Å². The van der Waals surface area contributed by atoms with E-state index < -0.39 is 12.5 Å². The molecule has 1 aromatic heterocycles. The fourth-order valence-electron chi connectivity index (χ4n) is 2.74. The van der Waals surface area contributed by atoms with Crippen molar-refractivity contribution in [3.8, 4) is 22.6 Å². The summed E-state index contributed by atoms with van der Waals surface area (Å²) in [5.74, 6) is 0.191. The average molecular weight is 420 g/mol. The Morgan fingerprint density at radius 2 is 1.93 bits per heavy atom. The Hall–Kier alpha value is -3.20. The van der Waals surface area contributed by atoms with E-state index in [0.29, 0.717) is 28.3 Å². The van der Waals surface area contributed by atoms with Gasteiger partial charge in [-0.05, 0) is 42.8 Å². The molecule has 0 spiro atoms. The maximum Gasteiger partial charge on any atom is 0.387 e. The van der Waals surface area contributed by atoms with Crippen molar-refractivity contribution in [2.24, 2.45) is 0 Å². The van der Waals surface area contributed by atoms with Crippen LogP contribution < -0.4 is 19.7 Å². The van der Waals surface area contributed by atoms with Crippen molar-refractivity contribution in [3.05, 3.63) is 63.2 Å². The van der Waals surface area contributed by atoms with Gasteiger partial charge in [0.2, 0.25) is 5.91 Å². The number of benzene rings is 2. The molecule has 3 rings (SSSR count). The van der Waals surface area contributed by atoms with Crippen molar-refractivity contribution >= 4 is 22.9 Å². The minimum absolute atomic E-state index is 0.0203. The lowest BCUT2D eigenvalue weighted by Gasteiger charge is -2.14. The number of methoxy groups -OCH3 is 1. The predicted octanol–water partition coefficient (Wildman–Crippen LogP) is 4.13. The van der Waals surface area contributed by atoms with Gasteiger partial charge < -0.3 is 14.8 Å². The Morgan fingerprint density at radius 1 is 1.21 bits per heavy atom. The third-order valence-corrected chi connectivity index (χ3v) is 5.04. The van der Waals surface area contributed by atoms with Gasteiger partial charge in [-0.2, -0.15) is 8.78 Å². The van der Waals surface area contributed by atoms with E-state index in [2.05, 4.69) is 10.1 Å². The fourth-order valence-corrected chi connectivity index (χ4v) is 3.48. The fraction of sp³-hybridized carbons (Fsp3) is 0.200. The molecule has 6 nitrogen and oxygen atoms in total. The lowest BCUT2D eigenvalue weighted by molar-refractivity contribution is -0.116. The second-order valence-corrected chi connectivity index (χ2v) is 6.92. The van der Waals surface area contributed by atoms with E-state index >= 15 is 0 Å². The number of aromatic nitrogens is 1. The van der Waals surface area contributed by atoms with E-state index in [0.717, 1.165) is 11.3 Å². The second-order valence-electron chi connectivity index (χ2n) is 6.10. The molecule has 2 aromatic carbocycles. The first-order chi connectivity index (χ1) is 13.9. The van der Waals surface area contributed by atoms with Gasteiger partial charge in [0.15, 0.2) is 0 Å². The van der Waals surface area contributed by atoms with Gasteiger partial charge in [-0.1, -0.05) is 23.5 Å². The van der Waals surface area contributed by atoms with Gasteiger partial charge in [-0.15, -0.1) is 0 Å². The third-order valence-electron chi connectivity index (χ3n) is 4.16. The molecule has 0 aliphatic heterocycles. The van der Waals surface area contributed by atoms with Crippen LogP contribution in [0.15, 0.2) is 52.6 Å². The molecule has 0 radical (unpaired) electrons. The van der Waals surface area contributed by atoms with Crippen LogP contribution in [0.25, 0.3) is 11.1 Å². The Balaban J connectivity index is 1.87. The minimum atomic E-state index is -2.99. The summed E-state index contributed by atoms with van der Waals surface area (Å²) < 4.78 is 36.7. The van der Waals surface area contributed by atoms with Gasteiger partial charge in [-0.3, -0.25) is 14.2 Å². The molecule has 29 heavy (non-hydrogen) atoms. The maximum absolute atomic E-state index is 12.8. The Labute approximate surface area is 169 Å². The molecule has 0 bridgehead atoms. The molecule has 1 N–H and O–H groups in total. The number of aryl methyl sites for hydroxylation is 1. The largest absolute Gasteiger partial charge is 0.497 e. The molecular weight excluding hydrogens is 402 g/mol. The lowest BCUT2D eigenvalue weighted by atomic mass is 10.0. The first-order valence-electron chi connectivity index (χ1n) is 8.55. The highest BCUT2D eigenvalue weighted by molar-refractivity contribution is 7.07. The highest BCUT2D eigenvalue weighted by Crippen LogP contribution is 2.34. The van der Waals surface area contributed by atoms with E-state index in [1.54, 1.807) is 42.6 Å². The minimum Gasteiger partial charge on any atom is -0.497 e. The van der Waals surface area contributed by atoms with Crippen molar-refractivity contribution < 1.29 is 23.0 Å². The van der Waals surface area contributed by atoms with Gasteiger partial charge in [0.05, 0.1) is 7.11 Å². The van der Waals surface area contributed by atoms with Crippen molar-refractivity contribution in [2.75, 3.05) is 12.4 Å². The van der Waals surface area contributed by atoms with Crippen LogP contribution in [0.2, 0.25) is 0 Å². The zero-order chi connectivity index (χ0) is 21.0. The zero-order valence-electron chi connectivity index (χ0n) is 15.6. The Morgan fingerprint density at radius 3 is 2.52 bits per heavy atom. The predicted molar refractivity (Wildman–Crippen MR) is 107 cm³/mol. The van der Waals surface area contributed by atoms with Crippen LogP contribution in [-0.4, -0.2) is 24.2 Å². The highest BCUT2D eigenvalue weighted by atomic mass is 32.1. The molecule has 9 heteroatoms. The van der Waals surface area contributed by atoms with Crippen molar-refractivity contribution in [1.29, 1.82) is 0 Å². The van der Waals surface area contributed by atoms with Crippen LogP contribution in [0.5, 0.6) is 11.5 Å². The lowest BCUT2D eigenvalue weighted by Crippen LogP contribution is -2.25. The quantitative estimate of drug-likeness (QED) is 0.624. The summed E-state index contributed by atoms with van der Waals surface area (Å²) in [6.07, 6.45) is 0. The Kier molecular flexibility index (Phi) is 6.28. The van der Waals surface area contributed by atoms with Gasteiger partial charge in [0.25, 0.3) is 0 Å². The van der Waals surface area contributed by atoms with Gasteiger partial charge in [0.1, 0.15) is 18.0 Å². The van der Waals surface area contributed by atoms with E-state index in [4.69, 9.17) is 4.74 Å². The Bertz CT molecular complexity index is 1060. The molecule has 0 atom stereocenters. The number of hydrogen-bond acceptors (Lipinski definition) is 5. The highest BCUT2D eigenvalue weighted by Gasteiger charge is 2.14. The standard InChI is InChI=1S/C20H18F2N2O4S/c1-12-11-29-20(26)24(12)10-18(25)23-14-5-8-17(28-19(21)22)16(9-14)13-3-6-15(27-2)7-4-13/h3-9,11,19H,10H2,1-2H3,(H,23,25). The molecule has 0 unspecified atom stereocenters. The van der Waals surface area contributed by atoms with Crippen molar-refractivity contribution in [2.45, 2.75) is 20.1 Å². The number of rotatable bonds is 7. The molecule has 152 valence electrons. The number of halogens is 2. The smallest absolute Gasteiger partial charge is 0.387 e. The monoisotopic (exact) mass is 420 g/mol. The van der Waals surface area contributed by atoms with Crippen molar-refractivity contribution in [3.63, 3.8) is 0 Å². The van der Waals surface area contributed by atoms with Gasteiger partial charge in [0, 0.05) is 22.3 Å². The molecule has 1 amide bonds. The summed E-state index contributed by atoms with van der Waals surface area (Å²) in [6, 6.07) is 11.2. The number of nitrogens with zero attached hydrogens (tertiary/aromatic N) is 1. The summed E-state index contributed by atoms with van der Waals surface area (Å²) in [6.45, 7) is -1.38. The number of carbonyl (C=O) groups excluding carboxylic acids is 1. The molecule has 1 heterocycles. The number of nitrogens with one attached hydrogen (secondary N) is 1. The van der Waals surface area contributed by atoms with E-state index in [1.165, 1.54) is 23.8 Å². The van der Waals surface area contributed by atoms with Gasteiger partial charge >= 0.3 is 11.5 Å². The molecule has 0 aliphatic carbocycles. The molecule has 0 aliphatic rings. The zero-order valence-corrected chi connectivity index (χ0v) is 16.5. The van der Waals surface area contributed by atoms with Crippen LogP contribution in [0.1, 0.15) is 5.69 Å². The van der Waals surface area contributed by atoms with Crippen LogP contribution in [0, 0.1) is 6.92 Å². The average Bonchev–Trinajstić information content (AvgIpc) is 3.01. The maximum atomic E-state index is 12.8. The number of hydrogen-bond donors (Lipinski definition) is 1. The number of ether oxygens (including phenoxy) is 2. The van der Waals surface area contributed by atoms with Crippen LogP contribution >= 0.6 is 11.3 Å². The summed E-state index contributed by atoms with van der Waals surface area (Å²) >= 11 is 1.02. The number of alkyl halides is 2. The van der Waals surface area contributed by atoms with E-state index in [9.17, 15) is 18.4 Å².